The van der Waals surface area contributed by atoms with Crippen LogP contribution in [0.1, 0.15) is 6.42 Å². The number of fused-ring (bicyclic) bond motifs is 2. The SMILES string of the molecule is COC(=O)[C@@H]1[C@H]([Sn]([Cl])([c]2ccccc2)[c]2ccccc2)[C@H]2C=C[C@@H]1C2. The molecule has 0 heterocycles. The van der Waals surface area contributed by atoms with Gasteiger partial charge in [-0.05, 0) is 0 Å². The molecule has 0 amide bonds. The van der Waals surface area contributed by atoms with Gasteiger partial charge in [0.05, 0.1) is 0 Å². The molecule has 0 radical (unpaired) electrons. The Morgan fingerprint density at radius 1 is 0.960 bits per heavy atom. The summed E-state index contributed by atoms with van der Waals surface area (Å²) >= 11 is -3.61. The maximum absolute atomic E-state index is 12.6. The minimum absolute atomic E-state index is 0.101. The fourth-order valence-electron chi connectivity index (χ4n) is 4.73. The number of carbonyl (C=O) groups excluding carboxylic acids is 1. The first kappa shape index (κ1) is 17.2. The van der Waals surface area contributed by atoms with E-state index < -0.39 is 17.3 Å². The number of methoxy groups -OCH3 is 1. The summed E-state index contributed by atoms with van der Waals surface area (Å²) in [5, 5.41) is 0. The fourth-order valence-corrected chi connectivity index (χ4v) is 20.3. The molecule has 0 N–H and O–H groups in total. The third-order valence-electron chi connectivity index (χ3n) is 5.78. The average molecular weight is 460 g/mol. The van der Waals surface area contributed by atoms with Crippen molar-refractivity contribution in [3.05, 3.63) is 72.8 Å². The maximum atomic E-state index is 12.6. The van der Waals surface area contributed by atoms with E-state index in [1.807, 2.05) is 12.1 Å². The molecule has 128 valence electrons. The van der Waals surface area contributed by atoms with Gasteiger partial charge in [0.15, 0.2) is 0 Å². The minimum atomic E-state index is -3.61. The quantitative estimate of drug-likeness (QED) is 0.398. The molecule has 2 aliphatic carbocycles. The Hall–Kier alpha value is -1.26. The number of esters is 1. The molecule has 1 fully saturated rings. The number of allylic oxidation sites excluding steroid dienone is 2. The Kier molecular flexibility index (Phi) is 4.67. The molecule has 2 bridgehead atoms. The van der Waals surface area contributed by atoms with Gasteiger partial charge < -0.3 is 0 Å². The molecule has 2 aromatic carbocycles. The Balaban J connectivity index is 1.89. The van der Waals surface area contributed by atoms with E-state index in [0.29, 0.717) is 5.92 Å². The Morgan fingerprint density at radius 3 is 2.00 bits per heavy atom. The molecule has 0 spiro atoms. The standard InChI is InChI=1S/C9H11O2.2C6H5.ClH.Sn/c1-11-9(10)8-5-6-2-3-7(8)4-6;2*1-2-4-6-5-3-1;;/h2-3,5-8H,4H2,1H3;2*1-5H;1H;/q;;;;+1/p-1/t6-,7+,8+;;;;/m0..../s1. The van der Waals surface area contributed by atoms with Gasteiger partial charge in [0.25, 0.3) is 0 Å². The first-order valence-electron chi connectivity index (χ1n) is 8.72. The summed E-state index contributed by atoms with van der Waals surface area (Å²) in [6, 6.07) is 20.9. The molecule has 2 aromatic rings. The number of halogens is 1. The van der Waals surface area contributed by atoms with Crippen LogP contribution < -0.4 is 7.16 Å². The third kappa shape index (κ3) is 2.74. The Morgan fingerprint density at radius 2 is 1.48 bits per heavy atom. The summed E-state index contributed by atoms with van der Waals surface area (Å²) in [5.74, 6) is 0.427. The average Bonchev–Trinajstić information content (AvgIpc) is 3.30. The number of hydrogen-bond donors (Lipinski definition) is 0. The van der Waals surface area contributed by atoms with Crippen LogP contribution in [0.4, 0.5) is 0 Å². The molecule has 4 heteroatoms. The van der Waals surface area contributed by atoms with Crippen LogP contribution in [-0.4, -0.2) is 30.3 Å². The van der Waals surface area contributed by atoms with Gasteiger partial charge in [-0.15, -0.1) is 0 Å². The molecule has 0 saturated heterocycles. The van der Waals surface area contributed by atoms with Gasteiger partial charge in [0.1, 0.15) is 0 Å². The summed E-state index contributed by atoms with van der Waals surface area (Å²) in [5.41, 5.74) is 0. The van der Waals surface area contributed by atoms with Crippen molar-refractivity contribution < 1.29 is 9.53 Å². The number of hydrogen-bond acceptors (Lipinski definition) is 2. The number of benzene rings is 2. The molecule has 4 atom stereocenters. The number of ether oxygens (including phenoxy) is 1. The van der Waals surface area contributed by atoms with E-state index >= 15 is 0 Å². The van der Waals surface area contributed by atoms with E-state index in [0.717, 1.165) is 6.42 Å². The molecule has 2 aliphatic rings. The van der Waals surface area contributed by atoms with Crippen molar-refractivity contribution >= 4 is 39.3 Å². The predicted molar refractivity (Wildman–Crippen MR) is 104 cm³/mol. The van der Waals surface area contributed by atoms with Crippen LogP contribution in [0.15, 0.2) is 72.8 Å². The van der Waals surface area contributed by atoms with E-state index in [-0.39, 0.29) is 21.7 Å². The van der Waals surface area contributed by atoms with Crippen LogP contribution in [0.3, 0.4) is 0 Å². The molecule has 0 unspecified atom stereocenters. The fraction of sp³-hybridized carbons (Fsp3) is 0.286. The van der Waals surface area contributed by atoms with Crippen molar-refractivity contribution in [2.24, 2.45) is 17.8 Å². The van der Waals surface area contributed by atoms with Gasteiger partial charge in [-0.2, -0.15) is 0 Å². The van der Waals surface area contributed by atoms with Gasteiger partial charge in [-0.3, -0.25) is 0 Å². The molecule has 1 saturated carbocycles. The normalized spacial score (nSPS) is 27.4. The van der Waals surface area contributed by atoms with E-state index in [1.165, 1.54) is 14.3 Å². The van der Waals surface area contributed by atoms with Gasteiger partial charge >= 0.3 is 157 Å². The van der Waals surface area contributed by atoms with Gasteiger partial charge in [0, 0.05) is 0 Å². The first-order valence-corrected chi connectivity index (χ1v) is 16.8. The second-order valence-corrected chi connectivity index (χ2v) is 20.2. The first-order chi connectivity index (χ1) is 12.2. The summed E-state index contributed by atoms with van der Waals surface area (Å²) in [6.45, 7) is 0. The number of rotatable bonds is 4. The van der Waals surface area contributed by atoms with Crippen LogP contribution in [0.25, 0.3) is 0 Å². The molecule has 4 rings (SSSR count). The van der Waals surface area contributed by atoms with E-state index in [1.54, 1.807) is 0 Å². The van der Waals surface area contributed by atoms with Gasteiger partial charge in [-0.25, -0.2) is 0 Å². The molecule has 25 heavy (non-hydrogen) atoms. The van der Waals surface area contributed by atoms with E-state index in [4.69, 9.17) is 13.7 Å². The topological polar surface area (TPSA) is 26.3 Å². The summed E-state index contributed by atoms with van der Waals surface area (Å²) in [7, 11) is 9.15. The van der Waals surface area contributed by atoms with E-state index in [9.17, 15) is 4.79 Å². The molecular weight excluding hydrogens is 438 g/mol. The monoisotopic (exact) mass is 460 g/mol. The van der Waals surface area contributed by atoms with Crippen molar-refractivity contribution in [1.82, 2.24) is 0 Å². The van der Waals surface area contributed by atoms with Crippen LogP contribution in [0.5, 0.6) is 0 Å². The van der Waals surface area contributed by atoms with E-state index in [2.05, 4.69) is 60.7 Å². The van der Waals surface area contributed by atoms with Crippen molar-refractivity contribution in [3.8, 4) is 0 Å². The van der Waals surface area contributed by atoms with Crippen molar-refractivity contribution in [1.29, 1.82) is 0 Å². The number of carbonyl (C=O) groups is 1. The second-order valence-electron chi connectivity index (χ2n) is 6.97. The van der Waals surface area contributed by atoms with Crippen molar-refractivity contribution in [2.45, 2.75) is 10.4 Å². The van der Waals surface area contributed by atoms with Crippen LogP contribution >= 0.6 is 8.92 Å². The molecule has 2 nitrogen and oxygen atoms in total. The zero-order chi connectivity index (χ0) is 17.4. The molecule has 0 aromatic heterocycles. The second kappa shape index (κ2) is 6.80. The zero-order valence-corrected chi connectivity index (χ0v) is 17.7. The third-order valence-corrected chi connectivity index (χ3v) is 22.0. The Bertz CT molecular complexity index is 751. The van der Waals surface area contributed by atoms with Crippen molar-refractivity contribution in [2.75, 3.05) is 7.11 Å². The Labute approximate surface area is 156 Å². The van der Waals surface area contributed by atoms with Crippen LogP contribution in [-0.2, 0) is 9.53 Å². The molecule has 0 aliphatic heterocycles. The molecular formula is C21H21ClO2Sn. The predicted octanol–water partition coefficient (Wildman–Crippen LogP) is 3.35. The summed E-state index contributed by atoms with van der Waals surface area (Å²) in [4.78, 5) is 12.6. The van der Waals surface area contributed by atoms with Gasteiger partial charge in [0.2, 0.25) is 0 Å². The van der Waals surface area contributed by atoms with Crippen LogP contribution in [0, 0.1) is 17.8 Å². The van der Waals surface area contributed by atoms with Gasteiger partial charge in [-0.1, -0.05) is 0 Å². The zero-order valence-electron chi connectivity index (χ0n) is 14.1. The van der Waals surface area contributed by atoms with Crippen molar-refractivity contribution in [3.63, 3.8) is 0 Å². The summed E-state index contributed by atoms with van der Waals surface area (Å²) < 4.78 is 7.85. The van der Waals surface area contributed by atoms with Crippen LogP contribution in [0.2, 0.25) is 3.93 Å². The summed E-state index contributed by atoms with van der Waals surface area (Å²) in [6.07, 6.45) is 5.51.